The predicted molar refractivity (Wildman–Crippen MR) is 113 cm³/mol. The van der Waals surface area contributed by atoms with Crippen LogP contribution in [0.1, 0.15) is 34.7 Å². The van der Waals surface area contributed by atoms with E-state index in [9.17, 15) is 4.79 Å². The van der Waals surface area contributed by atoms with Crippen molar-refractivity contribution in [1.82, 2.24) is 25.3 Å². The standard InChI is InChI=1S/C23H21N5O/c1-3-7-16-10-19-20(14-27-21(19)24-11-16)18-12-25-22(26-13-18)23(29)28-15(2)17-8-5-4-6-9-17/h3-6,8-15H,1,7H2,2H3,(H,24,27)(H,28,29)/t15-/m1/s1. The van der Waals surface area contributed by atoms with Crippen LogP contribution in [0.15, 0.2) is 73.8 Å². The molecule has 3 heterocycles. The molecule has 1 aromatic carbocycles. The number of aromatic nitrogens is 4. The zero-order valence-electron chi connectivity index (χ0n) is 16.1. The molecule has 6 heteroatoms. The molecular formula is C23H21N5O. The topological polar surface area (TPSA) is 83.6 Å². The first-order valence-corrected chi connectivity index (χ1v) is 9.41. The van der Waals surface area contributed by atoms with Crippen molar-refractivity contribution in [2.45, 2.75) is 19.4 Å². The van der Waals surface area contributed by atoms with Gasteiger partial charge in [-0.25, -0.2) is 15.0 Å². The highest BCUT2D eigenvalue weighted by molar-refractivity contribution is 5.94. The van der Waals surface area contributed by atoms with E-state index in [1.54, 1.807) is 12.4 Å². The van der Waals surface area contributed by atoms with Gasteiger partial charge in [0.15, 0.2) is 0 Å². The zero-order chi connectivity index (χ0) is 20.2. The van der Waals surface area contributed by atoms with Crippen molar-refractivity contribution in [2.75, 3.05) is 0 Å². The van der Waals surface area contributed by atoms with Gasteiger partial charge >= 0.3 is 0 Å². The number of fused-ring (bicyclic) bond motifs is 1. The van der Waals surface area contributed by atoms with Gasteiger partial charge in [-0.1, -0.05) is 36.4 Å². The van der Waals surface area contributed by atoms with Gasteiger partial charge in [-0.3, -0.25) is 4.79 Å². The van der Waals surface area contributed by atoms with Crippen molar-refractivity contribution < 1.29 is 4.79 Å². The number of nitrogens with one attached hydrogen (secondary N) is 2. The maximum Gasteiger partial charge on any atom is 0.289 e. The highest BCUT2D eigenvalue weighted by atomic mass is 16.2. The minimum absolute atomic E-state index is 0.130. The lowest BCUT2D eigenvalue weighted by Crippen LogP contribution is -2.28. The van der Waals surface area contributed by atoms with Crippen molar-refractivity contribution in [3.63, 3.8) is 0 Å². The molecular weight excluding hydrogens is 362 g/mol. The largest absolute Gasteiger partial charge is 0.346 e. The number of rotatable bonds is 6. The SMILES string of the molecule is C=CCc1cnc2[nH]cc(-c3cnc(C(=O)N[C@H](C)c4ccccc4)nc3)c2c1. The van der Waals surface area contributed by atoms with E-state index >= 15 is 0 Å². The monoisotopic (exact) mass is 383 g/mol. The van der Waals surface area contributed by atoms with E-state index < -0.39 is 0 Å². The summed E-state index contributed by atoms with van der Waals surface area (Å²) < 4.78 is 0. The smallest absolute Gasteiger partial charge is 0.289 e. The molecule has 1 amide bonds. The molecule has 2 N–H and O–H groups in total. The van der Waals surface area contributed by atoms with E-state index in [0.29, 0.717) is 0 Å². The number of carbonyl (C=O) groups excluding carboxylic acids is 1. The van der Waals surface area contributed by atoms with Gasteiger partial charge in [0.05, 0.1) is 6.04 Å². The van der Waals surface area contributed by atoms with Crippen LogP contribution in [-0.2, 0) is 6.42 Å². The fraction of sp³-hybridized carbons (Fsp3) is 0.130. The van der Waals surface area contributed by atoms with Crippen molar-refractivity contribution in [1.29, 1.82) is 0 Å². The Labute approximate surface area is 168 Å². The molecule has 0 saturated heterocycles. The maximum absolute atomic E-state index is 12.5. The Morgan fingerprint density at radius 3 is 2.66 bits per heavy atom. The third-order valence-corrected chi connectivity index (χ3v) is 4.78. The number of hydrogen-bond acceptors (Lipinski definition) is 4. The molecule has 0 aliphatic carbocycles. The summed E-state index contributed by atoms with van der Waals surface area (Å²) in [6.07, 6.45) is 9.65. The Balaban J connectivity index is 1.55. The van der Waals surface area contributed by atoms with Gasteiger partial charge in [0, 0.05) is 41.3 Å². The summed E-state index contributed by atoms with van der Waals surface area (Å²) in [7, 11) is 0. The van der Waals surface area contributed by atoms with Crippen molar-refractivity contribution >= 4 is 16.9 Å². The number of aromatic amines is 1. The molecule has 3 aromatic heterocycles. The second-order valence-corrected chi connectivity index (χ2v) is 6.84. The first-order valence-electron chi connectivity index (χ1n) is 9.41. The summed E-state index contributed by atoms with van der Waals surface area (Å²) in [6, 6.07) is 11.7. The number of H-pyrrole nitrogens is 1. The van der Waals surface area contributed by atoms with Crippen LogP contribution in [0.2, 0.25) is 0 Å². The van der Waals surface area contributed by atoms with Gasteiger partial charge in [0.1, 0.15) is 5.65 Å². The summed E-state index contributed by atoms with van der Waals surface area (Å²) in [6.45, 7) is 5.71. The van der Waals surface area contributed by atoms with E-state index in [-0.39, 0.29) is 17.8 Å². The number of amides is 1. The molecule has 4 rings (SSSR count). The molecule has 29 heavy (non-hydrogen) atoms. The lowest BCUT2D eigenvalue weighted by Gasteiger charge is -2.13. The van der Waals surface area contributed by atoms with Crippen LogP contribution in [0.25, 0.3) is 22.2 Å². The minimum atomic E-state index is -0.304. The average molecular weight is 383 g/mol. The zero-order valence-corrected chi connectivity index (χ0v) is 16.1. The van der Waals surface area contributed by atoms with Crippen molar-refractivity contribution in [3.8, 4) is 11.1 Å². The van der Waals surface area contributed by atoms with Gasteiger partial charge in [-0.15, -0.1) is 6.58 Å². The Hall–Kier alpha value is -3.80. The predicted octanol–water partition coefficient (Wildman–Crippen LogP) is 4.24. The Morgan fingerprint density at radius 1 is 1.17 bits per heavy atom. The third-order valence-electron chi connectivity index (χ3n) is 4.78. The van der Waals surface area contributed by atoms with Gasteiger partial charge in [0.25, 0.3) is 5.91 Å². The highest BCUT2D eigenvalue weighted by Crippen LogP contribution is 2.27. The molecule has 6 nitrogen and oxygen atoms in total. The Bertz CT molecular complexity index is 1150. The molecule has 4 aromatic rings. The fourth-order valence-corrected chi connectivity index (χ4v) is 3.23. The molecule has 0 bridgehead atoms. The van der Waals surface area contributed by atoms with E-state index in [1.807, 2.05) is 55.7 Å². The molecule has 0 saturated carbocycles. The van der Waals surface area contributed by atoms with E-state index in [4.69, 9.17) is 0 Å². The van der Waals surface area contributed by atoms with Crippen LogP contribution < -0.4 is 5.32 Å². The molecule has 0 fully saturated rings. The normalized spacial score (nSPS) is 11.9. The number of benzene rings is 1. The molecule has 0 aliphatic rings. The summed E-state index contributed by atoms with van der Waals surface area (Å²) in [5.74, 6) is -0.163. The molecule has 1 atom stereocenters. The summed E-state index contributed by atoms with van der Waals surface area (Å²) in [4.78, 5) is 28.7. The molecule has 0 radical (unpaired) electrons. The lowest BCUT2D eigenvalue weighted by molar-refractivity contribution is 0.0929. The summed E-state index contributed by atoms with van der Waals surface area (Å²) >= 11 is 0. The Morgan fingerprint density at radius 2 is 1.93 bits per heavy atom. The molecule has 144 valence electrons. The molecule has 0 spiro atoms. The van der Waals surface area contributed by atoms with Crippen molar-refractivity contribution in [2.24, 2.45) is 0 Å². The minimum Gasteiger partial charge on any atom is -0.346 e. The van der Waals surface area contributed by atoms with Gasteiger partial charge in [0.2, 0.25) is 5.82 Å². The number of nitrogens with zero attached hydrogens (tertiary/aromatic N) is 3. The average Bonchev–Trinajstić information content (AvgIpc) is 3.18. The summed E-state index contributed by atoms with van der Waals surface area (Å²) in [5.41, 5.74) is 4.68. The first kappa shape index (κ1) is 18.6. The maximum atomic E-state index is 12.5. The van der Waals surface area contributed by atoms with Gasteiger partial charge < -0.3 is 10.3 Å². The summed E-state index contributed by atoms with van der Waals surface area (Å²) in [5, 5.41) is 3.92. The van der Waals surface area contributed by atoms with Crippen LogP contribution in [-0.4, -0.2) is 25.8 Å². The number of pyridine rings is 1. The first-order chi connectivity index (χ1) is 14.2. The highest BCUT2D eigenvalue weighted by Gasteiger charge is 2.15. The quantitative estimate of drug-likeness (QED) is 0.488. The van der Waals surface area contributed by atoms with Crippen LogP contribution in [0, 0.1) is 0 Å². The third kappa shape index (κ3) is 3.91. The van der Waals surface area contributed by atoms with Gasteiger partial charge in [-0.05, 0) is 30.5 Å². The number of allylic oxidation sites excluding steroid dienone is 1. The number of carbonyl (C=O) groups is 1. The van der Waals surface area contributed by atoms with E-state index in [0.717, 1.165) is 39.7 Å². The van der Waals surface area contributed by atoms with Crippen LogP contribution in [0.3, 0.4) is 0 Å². The van der Waals surface area contributed by atoms with Gasteiger partial charge in [-0.2, -0.15) is 0 Å². The van der Waals surface area contributed by atoms with E-state index in [1.165, 1.54) is 0 Å². The lowest BCUT2D eigenvalue weighted by atomic mass is 10.1. The second-order valence-electron chi connectivity index (χ2n) is 6.84. The van der Waals surface area contributed by atoms with Crippen molar-refractivity contribution in [3.05, 3.63) is 90.8 Å². The number of hydrogen-bond donors (Lipinski definition) is 2. The Kier molecular flexibility index (Phi) is 5.16. The molecule has 0 unspecified atom stereocenters. The fourth-order valence-electron chi connectivity index (χ4n) is 3.23. The van der Waals surface area contributed by atoms with Crippen LogP contribution >= 0.6 is 0 Å². The second kappa shape index (κ2) is 8.06. The van der Waals surface area contributed by atoms with Crippen LogP contribution in [0.5, 0.6) is 0 Å². The molecule has 0 aliphatic heterocycles. The van der Waals surface area contributed by atoms with Crippen LogP contribution in [0.4, 0.5) is 0 Å². The van der Waals surface area contributed by atoms with E-state index in [2.05, 4.69) is 37.9 Å².